The third-order valence-corrected chi connectivity index (χ3v) is 3.62. The Bertz CT molecular complexity index is 762. The Morgan fingerprint density at radius 2 is 1.95 bits per heavy atom. The van der Waals surface area contributed by atoms with Crippen LogP contribution in [-0.4, -0.2) is 11.9 Å². The van der Waals surface area contributed by atoms with Gasteiger partial charge in [-0.3, -0.25) is 9.59 Å². The number of carbonyl (C=O) groups excluding carboxylic acids is 2. The van der Waals surface area contributed by atoms with Crippen molar-refractivity contribution < 1.29 is 14.3 Å². The van der Waals surface area contributed by atoms with Crippen molar-refractivity contribution in [1.82, 2.24) is 0 Å². The van der Waals surface area contributed by atoms with Gasteiger partial charge in [0.2, 0.25) is 5.91 Å². The molecule has 2 aromatic rings. The first-order chi connectivity index (χ1) is 10.6. The number of fused-ring (bicyclic) bond motifs is 1. The van der Waals surface area contributed by atoms with E-state index in [4.69, 9.17) is 4.74 Å². The SMILES string of the molecule is C=CC(=O)Nc1ccc(C2C(=O)Oc3ccc(C)cc32)cc1. The molecule has 1 atom stereocenters. The van der Waals surface area contributed by atoms with Gasteiger partial charge in [0.15, 0.2) is 0 Å². The molecule has 1 amide bonds. The van der Waals surface area contributed by atoms with Crippen molar-refractivity contribution in [3.8, 4) is 5.75 Å². The third kappa shape index (κ3) is 2.51. The molecule has 4 heteroatoms. The Labute approximate surface area is 128 Å². The van der Waals surface area contributed by atoms with Gasteiger partial charge in [-0.2, -0.15) is 0 Å². The third-order valence-electron chi connectivity index (χ3n) is 3.62. The van der Waals surface area contributed by atoms with Crippen molar-refractivity contribution in [2.45, 2.75) is 12.8 Å². The first-order valence-corrected chi connectivity index (χ1v) is 6.94. The fourth-order valence-electron chi connectivity index (χ4n) is 2.55. The number of rotatable bonds is 3. The number of esters is 1. The molecule has 0 saturated heterocycles. The number of ether oxygens (including phenoxy) is 1. The highest BCUT2D eigenvalue weighted by Crippen LogP contribution is 2.39. The zero-order valence-corrected chi connectivity index (χ0v) is 12.1. The molecule has 2 aromatic carbocycles. The lowest BCUT2D eigenvalue weighted by molar-refractivity contribution is -0.133. The van der Waals surface area contributed by atoms with Gasteiger partial charge in [0.25, 0.3) is 0 Å². The van der Waals surface area contributed by atoms with Gasteiger partial charge < -0.3 is 10.1 Å². The molecule has 22 heavy (non-hydrogen) atoms. The zero-order valence-electron chi connectivity index (χ0n) is 12.1. The van der Waals surface area contributed by atoms with Crippen LogP contribution in [0.25, 0.3) is 0 Å². The lowest BCUT2D eigenvalue weighted by Crippen LogP contribution is -2.12. The fraction of sp³-hybridized carbons (Fsp3) is 0.111. The van der Waals surface area contributed by atoms with E-state index in [9.17, 15) is 9.59 Å². The maximum Gasteiger partial charge on any atom is 0.323 e. The van der Waals surface area contributed by atoms with E-state index >= 15 is 0 Å². The lowest BCUT2D eigenvalue weighted by atomic mass is 9.91. The summed E-state index contributed by atoms with van der Waals surface area (Å²) in [6.45, 7) is 5.39. The predicted molar refractivity (Wildman–Crippen MR) is 83.9 cm³/mol. The largest absolute Gasteiger partial charge is 0.425 e. The van der Waals surface area contributed by atoms with Crippen LogP contribution in [0.3, 0.4) is 0 Å². The Hall–Kier alpha value is -2.88. The molecular weight excluding hydrogens is 278 g/mol. The van der Waals surface area contributed by atoms with Crippen LogP contribution in [-0.2, 0) is 9.59 Å². The first kappa shape index (κ1) is 14.1. The van der Waals surface area contributed by atoms with Crippen LogP contribution >= 0.6 is 0 Å². The van der Waals surface area contributed by atoms with Gasteiger partial charge >= 0.3 is 5.97 Å². The summed E-state index contributed by atoms with van der Waals surface area (Å²) in [5, 5.41) is 2.68. The number of anilines is 1. The molecule has 0 aliphatic carbocycles. The van der Waals surface area contributed by atoms with Crippen molar-refractivity contribution in [1.29, 1.82) is 0 Å². The van der Waals surface area contributed by atoms with Crippen LogP contribution in [0.15, 0.2) is 55.1 Å². The molecule has 1 unspecified atom stereocenters. The van der Waals surface area contributed by atoms with Crippen molar-refractivity contribution in [2.24, 2.45) is 0 Å². The highest BCUT2D eigenvalue weighted by Gasteiger charge is 2.34. The molecule has 0 radical (unpaired) electrons. The molecule has 1 heterocycles. The first-order valence-electron chi connectivity index (χ1n) is 6.94. The second-order valence-electron chi connectivity index (χ2n) is 5.21. The van der Waals surface area contributed by atoms with Crippen LogP contribution in [0.2, 0.25) is 0 Å². The average molecular weight is 293 g/mol. The maximum atomic E-state index is 12.1. The standard InChI is InChI=1S/C18H15NO3/c1-3-16(20)19-13-7-5-12(6-8-13)17-14-10-11(2)4-9-15(14)22-18(17)21/h3-10,17H,1H2,2H3,(H,19,20). The van der Waals surface area contributed by atoms with Crippen LogP contribution in [0.1, 0.15) is 22.6 Å². The summed E-state index contributed by atoms with van der Waals surface area (Å²) in [6, 6.07) is 12.9. The van der Waals surface area contributed by atoms with Crippen molar-refractivity contribution >= 4 is 17.6 Å². The Morgan fingerprint density at radius 1 is 1.23 bits per heavy atom. The molecule has 4 nitrogen and oxygen atoms in total. The molecule has 1 N–H and O–H groups in total. The summed E-state index contributed by atoms with van der Waals surface area (Å²) in [5.41, 5.74) is 3.46. The number of hydrogen-bond acceptors (Lipinski definition) is 3. The number of nitrogens with one attached hydrogen (secondary N) is 1. The maximum absolute atomic E-state index is 12.1. The minimum absolute atomic E-state index is 0.269. The van der Waals surface area contributed by atoms with Gasteiger partial charge in [-0.05, 0) is 36.8 Å². The molecule has 110 valence electrons. The monoisotopic (exact) mass is 293 g/mol. The quantitative estimate of drug-likeness (QED) is 0.537. The molecule has 3 rings (SSSR count). The molecular formula is C18H15NO3. The predicted octanol–water partition coefficient (Wildman–Crippen LogP) is 3.17. The Kier molecular flexibility index (Phi) is 3.51. The summed E-state index contributed by atoms with van der Waals surface area (Å²) in [5.74, 6) is -0.346. The molecule has 0 bridgehead atoms. The smallest absolute Gasteiger partial charge is 0.323 e. The Balaban J connectivity index is 1.92. The van der Waals surface area contributed by atoms with E-state index in [1.54, 1.807) is 12.1 Å². The number of benzene rings is 2. The van der Waals surface area contributed by atoms with E-state index in [0.717, 1.165) is 16.7 Å². The second kappa shape index (κ2) is 5.48. The molecule has 0 fully saturated rings. The van der Waals surface area contributed by atoms with Gasteiger partial charge in [-0.15, -0.1) is 0 Å². The molecule has 0 saturated carbocycles. The molecule has 0 aromatic heterocycles. The van der Waals surface area contributed by atoms with Gasteiger partial charge in [-0.25, -0.2) is 0 Å². The molecule has 0 spiro atoms. The highest BCUT2D eigenvalue weighted by molar-refractivity contribution is 5.99. The van der Waals surface area contributed by atoms with Crippen LogP contribution in [0.4, 0.5) is 5.69 Å². The number of amides is 1. The van der Waals surface area contributed by atoms with E-state index < -0.39 is 5.92 Å². The van der Waals surface area contributed by atoms with Crippen molar-refractivity contribution in [2.75, 3.05) is 5.32 Å². The van der Waals surface area contributed by atoms with E-state index in [0.29, 0.717) is 11.4 Å². The second-order valence-corrected chi connectivity index (χ2v) is 5.21. The van der Waals surface area contributed by atoms with E-state index in [-0.39, 0.29) is 11.9 Å². The van der Waals surface area contributed by atoms with E-state index in [1.807, 2.05) is 37.3 Å². The topological polar surface area (TPSA) is 55.4 Å². The van der Waals surface area contributed by atoms with Gasteiger partial charge in [0.05, 0.1) is 0 Å². The van der Waals surface area contributed by atoms with E-state index in [1.165, 1.54) is 6.08 Å². The molecule has 1 aliphatic heterocycles. The van der Waals surface area contributed by atoms with Crippen molar-refractivity contribution in [3.63, 3.8) is 0 Å². The van der Waals surface area contributed by atoms with Crippen LogP contribution in [0.5, 0.6) is 5.75 Å². The summed E-state index contributed by atoms with van der Waals surface area (Å²) in [6.07, 6.45) is 1.21. The number of carbonyl (C=O) groups is 2. The van der Waals surface area contributed by atoms with Crippen LogP contribution < -0.4 is 10.1 Å². The summed E-state index contributed by atoms with van der Waals surface area (Å²) >= 11 is 0. The average Bonchev–Trinajstić information content (AvgIpc) is 2.83. The van der Waals surface area contributed by atoms with E-state index in [2.05, 4.69) is 11.9 Å². The van der Waals surface area contributed by atoms with Gasteiger partial charge in [-0.1, -0.05) is 36.4 Å². The van der Waals surface area contributed by atoms with Crippen molar-refractivity contribution in [3.05, 3.63) is 71.8 Å². The summed E-state index contributed by atoms with van der Waals surface area (Å²) in [7, 11) is 0. The minimum atomic E-state index is -0.418. The summed E-state index contributed by atoms with van der Waals surface area (Å²) < 4.78 is 5.32. The minimum Gasteiger partial charge on any atom is -0.425 e. The number of hydrogen-bond donors (Lipinski definition) is 1. The summed E-state index contributed by atoms with van der Waals surface area (Å²) in [4.78, 5) is 23.4. The fourth-order valence-corrected chi connectivity index (χ4v) is 2.55. The van der Waals surface area contributed by atoms with Gasteiger partial charge in [0.1, 0.15) is 11.7 Å². The van der Waals surface area contributed by atoms with Gasteiger partial charge in [0, 0.05) is 11.3 Å². The highest BCUT2D eigenvalue weighted by atomic mass is 16.5. The normalized spacial score (nSPS) is 15.9. The number of aryl methyl sites for hydroxylation is 1. The zero-order chi connectivity index (χ0) is 15.7. The Morgan fingerprint density at radius 3 is 2.64 bits per heavy atom. The molecule has 1 aliphatic rings. The van der Waals surface area contributed by atoms with Crippen LogP contribution in [0, 0.1) is 6.92 Å². The lowest BCUT2D eigenvalue weighted by Gasteiger charge is -2.09.